The fourth-order valence-electron chi connectivity index (χ4n) is 3.72. The molecule has 4 rings (SSSR count). The molecule has 6 nitrogen and oxygen atoms in total. The first kappa shape index (κ1) is 26.6. The van der Waals surface area contributed by atoms with Gasteiger partial charge < -0.3 is 14.2 Å². The molecule has 37 heavy (non-hydrogen) atoms. The van der Waals surface area contributed by atoms with Gasteiger partial charge in [0.05, 0.1) is 23.6 Å². The number of carbonyl (C=O) groups excluding carboxylic acids is 2. The van der Waals surface area contributed by atoms with Gasteiger partial charge in [-0.15, -0.1) is 0 Å². The van der Waals surface area contributed by atoms with Crippen LogP contribution in [0.3, 0.4) is 0 Å². The summed E-state index contributed by atoms with van der Waals surface area (Å²) in [5.74, 6) is 0.492. The number of para-hydroxylation sites is 1. The first-order chi connectivity index (χ1) is 17.8. The van der Waals surface area contributed by atoms with Crippen LogP contribution in [0.5, 0.6) is 17.2 Å². The molecule has 0 aliphatic carbocycles. The Hall–Kier alpha value is -3.49. The second kappa shape index (κ2) is 11.7. The number of carbonyl (C=O) groups is 2. The molecule has 9 heteroatoms. The van der Waals surface area contributed by atoms with E-state index in [0.29, 0.717) is 17.1 Å². The lowest BCUT2D eigenvalue weighted by Gasteiger charge is -2.15. The molecule has 0 saturated carbocycles. The third kappa shape index (κ3) is 6.09. The van der Waals surface area contributed by atoms with Crippen LogP contribution in [0, 0.1) is 19.7 Å². The number of aryl methyl sites for hydroxylation is 2. The van der Waals surface area contributed by atoms with Crippen LogP contribution in [-0.2, 0) is 11.4 Å². The number of thioether (sulfide) groups is 1. The zero-order chi connectivity index (χ0) is 26.5. The van der Waals surface area contributed by atoms with Gasteiger partial charge in [-0.25, -0.2) is 4.39 Å². The van der Waals surface area contributed by atoms with Gasteiger partial charge in [0.25, 0.3) is 11.1 Å². The number of methoxy groups -OCH3 is 1. The molecule has 1 heterocycles. The molecule has 3 aromatic carbocycles. The number of nitrogens with zero attached hydrogens (tertiary/aromatic N) is 1. The molecule has 192 valence electrons. The van der Waals surface area contributed by atoms with Crippen LogP contribution in [0.2, 0.25) is 5.02 Å². The van der Waals surface area contributed by atoms with Gasteiger partial charge in [0.1, 0.15) is 24.8 Å². The van der Waals surface area contributed by atoms with E-state index in [1.165, 1.54) is 19.2 Å². The molecule has 0 unspecified atom stereocenters. The largest absolute Gasteiger partial charge is 0.493 e. The average Bonchev–Trinajstić information content (AvgIpc) is 3.13. The molecule has 0 N–H and O–H groups in total. The third-order valence-corrected chi connectivity index (χ3v) is 6.99. The van der Waals surface area contributed by atoms with Crippen molar-refractivity contribution in [3.8, 4) is 17.2 Å². The van der Waals surface area contributed by atoms with E-state index in [0.717, 1.165) is 33.5 Å². The van der Waals surface area contributed by atoms with Crippen LogP contribution in [0.4, 0.5) is 9.18 Å². The third-order valence-electron chi connectivity index (χ3n) is 5.73. The van der Waals surface area contributed by atoms with Crippen LogP contribution in [0.1, 0.15) is 22.3 Å². The van der Waals surface area contributed by atoms with Crippen LogP contribution < -0.4 is 14.2 Å². The second-order valence-corrected chi connectivity index (χ2v) is 9.72. The monoisotopic (exact) mass is 541 g/mol. The lowest BCUT2D eigenvalue weighted by molar-refractivity contribution is -0.123. The van der Waals surface area contributed by atoms with E-state index >= 15 is 0 Å². The number of imide groups is 1. The maximum atomic E-state index is 14.2. The quantitative estimate of drug-likeness (QED) is 0.278. The minimum atomic E-state index is -0.492. The number of rotatable bonds is 9. The van der Waals surface area contributed by atoms with Gasteiger partial charge >= 0.3 is 0 Å². The Bertz CT molecular complexity index is 1360. The van der Waals surface area contributed by atoms with Crippen LogP contribution >= 0.6 is 23.4 Å². The van der Waals surface area contributed by atoms with E-state index in [1.807, 2.05) is 32.0 Å². The minimum Gasteiger partial charge on any atom is -0.493 e. The topological polar surface area (TPSA) is 65.1 Å². The number of ether oxygens (including phenoxy) is 3. The lowest BCUT2D eigenvalue weighted by Crippen LogP contribution is -2.32. The summed E-state index contributed by atoms with van der Waals surface area (Å²) in [5, 5.41) is -0.148. The molecule has 1 fully saturated rings. The lowest BCUT2D eigenvalue weighted by atomic mass is 10.1. The van der Waals surface area contributed by atoms with Crippen molar-refractivity contribution in [2.24, 2.45) is 0 Å². The van der Waals surface area contributed by atoms with Crippen molar-refractivity contribution in [2.45, 2.75) is 20.5 Å². The van der Waals surface area contributed by atoms with Crippen molar-refractivity contribution in [3.63, 3.8) is 0 Å². The summed E-state index contributed by atoms with van der Waals surface area (Å²) in [6.07, 6.45) is 1.57. The van der Waals surface area contributed by atoms with Crippen molar-refractivity contribution in [3.05, 3.63) is 92.6 Å². The summed E-state index contributed by atoms with van der Waals surface area (Å²) in [7, 11) is 1.48. The highest BCUT2D eigenvalue weighted by Crippen LogP contribution is 2.38. The van der Waals surface area contributed by atoms with Crippen molar-refractivity contribution >= 4 is 40.6 Å². The van der Waals surface area contributed by atoms with E-state index in [-0.39, 0.29) is 40.5 Å². The van der Waals surface area contributed by atoms with Crippen LogP contribution in [0.15, 0.2) is 59.5 Å². The molecule has 0 spiro atoms. The van der Waals surface area contributed by atoms with E-state index in [9.17, 15) is 14.0 Å². The van der Waals surface area contributed by atoms with Gasteiger partial charge in [0.2, 0.25) is 0 Å². The second-order valence-electron chi connectivity index (χ2n) is 8.32. The summed E-state index contributed by atoms with van der Waals surface area (Å²) in [5.41, 5.74) is 2.74. The summed E-state index contributed by atoms with van der Waals surface area (Å²) in [4.78, 5) is 27.0. The van der Waals surface area contributed by atoms with Crippen LogP contribution in [0.25, 0.3) is 6.08 Å². The molecule has 0 aromatic heterocycles. The number of hydrogen-bond donors (Lipinski definition) is 0. The maximum absolute atomic E-state index is 14.2. The number of hydrogen-bond acceptors (Lipinski definition) is 6. The Labute approximate surface area is 224 Å². The molecule has 0 atom stereocenters. The molecule has 2 amide bonds. The fraction of sp³-hybridized carbons (Fsp3) is 0.214. The van der Waals surface area contributed by atoms with Crippen LogP contribution in [-0.4, -0.2) is 36.3 Å². The maximum Gasteiger partial charge on any atom is 0.293 e. The highest BCUT2D eigenvalue weighted by Gasteiger charge is 2.35. The summed E-state index contributed by atoms with van der Waals surface area (Å²) in [6.45, 7) is 4.04. The smallest absolute Gasteiger partial charge is 0.293 e. The highest BCUT2D eigenvalue weighted by atomic mass is 35.5. The van der Waals surface area contributed by atoms with Crippen molar-refractivity contribution < 1.29 is 28.2 Å². The first-order valence-electron chi connectivity index (χ1n) is 11.5. The zero-order valence-electron chi connectivity index (χ0n) is 20.5. The van der Waals surface area contributed by atoms with E-state index < -0.39 is 11.7 Å². The Kier molecular flexibility index (Phi) is 8.41. The van der Waals surface area contributed by atoms with Gasteiger partial charge in [0.15, 0.2) is 11.5 Å². The summed E-state index contributed by atoms with van der Waals surface area (Å²) >= 11 is 6.97. The zero-order valence-corrected chi connectivity index (χ0v) is 22.1. The molecule has 1 saturated heterocycles. The van der Waals surface area contributed by atoms with E-state index in [2.05, 4.69) is 0 Å². The SMILES string of the molecule is COc1cccc(/C=C2\SC(=O)N(CCOc3cc(C)ccc3C)C2=O)c1OCc1c(F)cccc1Cl. The highest BCUT2D eigenvalue weighted by molar-refractivity contribution is 8.18. The Balaban J connectivity index is 1.51. The summed E-state index contributed by atoms with van der Waals surface area (Å²) < 4.78 is 31.4. The molecule has 0 radical (unpaired) electrons. The Morgan fingerprint density at radius 1 is 1.03 bits per heavy atom. The van der Waals surface area contributed by atoms with Gasteiger partial charge in [-0.2, -0.15) is 0 Å². The molecule has 0 bridgehead atoms. The Morgan fingerprint density at radius 3 is 2.57 bits per heavy atom. The van der Waals surface area contributed by atoms with Gasteiger partial charge in [0, 0.05) is 11.1 Å². The fourth-order valence-corrected chi connectivity index (χ4v) is 4.79. The normalized spacial score (nSPS) is 14.4. The van der Waals surface area contributed by atoms with Crippen molar-refractivity contribution in [1.29, 1.82) is 0 Å². The van der Waals surface area contributed by atoms with Gasteiger partial charge in [-0.05, 0) is 67.1 Å². The van der Waals surface area contributed by atoms with E-state index in [4.69, 9.17) is 25.8 Å². The first-order valence-corrected chi connectivity index (χ1v) is 12.7. The van der Waals surface area contributed by atoms with Crippen molar-refractivity contribution in [2.75, 3.05) is 20.3 Å². The molecular weight excluding hydrogens is 517 g/mol. The summed E-state index contributed by atoms with van der Waals surface area (Å²) in [6, 6.07) is 15.4. The number of halogens is 2. The molecular formula is C28H25ClFNO5S. The number of amides is 2. The average molecular weight is 542 g/mol. The molecule has 3 aromatic rings. The molecule has 1 aliphatic rings. The standard InChI is InChI=1S/C28H25ClFNO5S/c1-17-10-11-18(2)24(14-17)35-13-12-31-27(32)25(37-28(31)33)15-19-6-4-9-23(34-3)26(19)36-16-20-21(29)7-5-8-22(20)30/h4-11,14-15H,12-13,16H2,1-3H3/b25-15-. The predicted molar refractivity (Wildman–Crippen MR) is 143 cm³/mol. The van der Waals surface area contributed by atoms with Gasteiger partial charge in [-0.1, -0.05) is 41.9 Å². The minimum absolute atomic E-state index is 0.114. The van der Waals surface area contributed by atoms with E-state index in [1.54, 1.807) is 30.3 Å². The predicted octanol–water partition coefficient (Wildman–Crippen LogP) is 6.80. The molecule has 1 aliphatic heterocycles. The Morgan fingerprint density at radius 2 is 1.81 bits per heavy atom. The van der Waals surface area contributed by atoms with Crippen molar-refractivity contribution in [1.82, 2.24) is 4.90 Å². The number of benzene rings is 3. The van der Waals surface area contributed by atoms with Gasteiger partial charge in [-0.3, -0.25) is 14.5 Å².